The molecule has 0 fully saturated rings. The lowest BCUT2D eigenvalue weighted by Crippen LogP contribution is -2.11. The van der Waals surface area contributed by atoms with Crippen LogP contribution in [0.2, 0.25) is 0 Å². The van der Waals surface area contributed by atoms with Gasteiger partial charge >= 0.3 is 0 Å². The van der Waals surface area contributed by atoms with Crippen molar-refractivity contribution < 1.29 is 14.3 Å². The minimum absolute atomic E-state index is 0.218. The first-order valence-corrected chi connectivity index (χ1v) is 8.90. The normalized spacial score (nSPS) is 10.6. The van der Waals surface area contributed by atoms with E-state index in [1.807, 2.05) is 25.1 Å². The van der Waals surface area contributed by atoms with Crippen molar-refractivity contribution in [1.82, 2.24) is 4.98 Å². The molecule has 24 heavy (non-hydrogen) atoms. The number of methoxy groups -OCH3 is 1. The summed E-state index contributed by atoms with van der Waals surface area (Å²) in [6, 6.07) is 10.8. The van der Waals surface area contributed by atoms with Crippen LogP contribution in [0.4, 0.5) is 5.13 Å². The number of nitrogens with one attached hydrogen (secondary N) is 1. The van der Waals surface area contributed by atoms with Crippen LogP contribution in [0.3, 0.4) is 0 Å². The fraction of sp³-hybridized carbons (Fsp3) is 0.176. The molecule has 1 aromatic heterocycles. The summed E-state index contributed by atoms with van der Waals surface area (Å²) in [6.07, 6.45) is 0. The number of carbonyl (C=O) groups excluding carboxylic acids is 1. The van der Waals surface area contributed by atoms with Gasteiger partial charge in [0.1, 0.15) is 11.5 Å². The molecular weight excluding hydrogens is 392 g/mol. The Bertz CT molecular complexity index is 895. The molecule has 1 heterocycles. The van der Waals surface area contributed by atoms with Gasteiger partial charge in [-0.3, -0.25) is 10.1 Å². The third-order valence-electron chi connectivity index (χ3n) is 3.31. The van der Waals surface area contributed by atoms with Gasteiger partial charge in [0.15, 0.2) is 5.13 Å². The molecule has 7 heteroatoms. The molecule has 0 atom stereocenters. The highest BCUT2D eigenvalue weighted by molar-refractivity contribution is 9.10. The van der Waals surface area contributed by atoms with Gasteiger partial charge in [0.2, 0.25) is 0 Å². The van der Waals surface area contributed by atoms with E-state index < -0.39 is 0 Å². The number of halogens is 1. The van der Waals surface area contributed by atoms with Gasteiger partial charge < -0.3 is 9.47 Å². The Kier molecular flexibility index (Phi) is 5.01. The first kappa shape index (κ1) is 16.7. The molecule has 0 bridgehead atoms. The Morgan fingerprint density at radius 1 is 1.29 bits per heavy atom. The summed E-state index contributed by atoms with van der Waals surface area (Å²) in [7, 11) is 1.62. The number of hydrogen-bond donors (Lipinski definition) is 1. The van der Waals surface area contributed by atoms with Gasteiger partial charge in [-0.05, 0) is 59.3 Å². The minimum atomic E-state index is -0.218. The maximum absolute atomic E-state index is 12.4. The molecule has 0 spiro atoms. The van der Waals surface area contributed by atoms with E-state index in [1.54, 1.807) is 25.3 Å². The van der Waals surface area contributed by atoms with Crippen LogP contribution in [-0.4, -0.2) is 24.6 Å². The zero-order chi connectivity index (χ0) is 17.1. The van der Waals surface area contributed by atoms with Crippen LogP contribution < -0.4 is 14.8 Å². The standard InChI is InChI=1S/C17H15BrN2O3S/c1-3-23-14-7-4-10(8-12(14)18)16(21)20-17-19-13-6-5-11(22-2)9-15(13)24-17/h4-9H,3H2,1-2H3,(H,19,20,21). The molecule has 0 radical (unpaired) electrons. The summed E-state index contributed by atoms with van der Waals surface area (Å²) >= 11 is 4.82. The lowest BCUT2D eigenvalue weighted by Gasteiger charge is -2.07. The van der Waals surface area contributed by atoms with E-state index in [0.717, 1.165) is 20.4 Å². The first-order chi connectivity index (χ1) is 11.6. The second-order valence-corrected chi connectivity index (χ2v) is 6.77. The second-order valence-electron chi connectivity index (χ2n) is 4.89. The lowest BCUT2D eigenvalue weighted by atomic mass is 10.2. The van der Waals surface area contributed by atoms with Crippen molar-refractivity contribution in [3.05, 3.63) is 46.4 Å². The highest BCUT2D eigenvalue weighted by Gasteiger charge is 2.12. The van der Waals surface area contributed by atoms with E-state index in [0.29, 0.717) is 23.1 Å². The number of amides is 1. The minimum Gasteiger partial charge on any atom is -0.497 e. The van der Waals surface area contributed by atoms with E-state index >= 15 is 0 Å². The van der Waals surface area contributed by atoms with Crippen LogP contribution >= 0.6 is 27.3 Å². The molecule has 0 aliphatic heterocycles. The summed E-state index contributed by atoms with van der Waals surface area (Å²) in [5.74, 6) is 1.25. The number of carbonyl (C=O) groups is 1. The maximum Gasteiger partial charge on any atom is 0.257 e. The largest absolute Gasteiger partial charge is 0.497 e. The predicted molar refractivity (Wildman–Crippen MR) is 99.4 cm³/mol. The summed E-state index contributed by atoms with van der Waals surface area (Å²) in [5.41, 5.74) is 1.35. The summed E-state index contributed by atoms with van der Waals surface area (Å²) in [5, 5.41) is 3.38. The van der Waals surface area contributed by atoms with E-state index in [-0.39, 0.29) is 5.91 Å². The fourth-order valence-corrected chi connectivity index (χ4v) is 3.55. The highest BCUT2D eigenvalue weighted by Crippen LogP contribution is 2.30. The molecule has 3 rings (SSSR count). The average Bonchev–Trinajstić information content (AvgIpc) is 2.97. The molecule has 0 unspecified atom stereocenters. The molecule has 5 nitrogen and oxygen atoms in total. The number of nitrogens with zero attached hydrogens (tertiary/aromatic N) is 1. The topological polar surface area (TPSA) is 60.5 Å². The summed E-state index contributed by atoms with van der Waals surface area (Å²) in [6.45, 7) is 2.48. The quantitative estimate of drug-likeness (QED) is 0.665. The molecule has 0 aliphatic rings. The SMILES string of the molecule is CCOc1ccc(C(=O)Nc2nc3ccc(OC)cc3s2)cc1Br. The molecular formula is C17H15BrN2O3S. The van der Waals surface area contributed by atoms with Gasteiger partial charge in [0.05, 0.1) is 28.4 Å². The van der Waals surface area contributed by atoms with Gasteiger partial charge in [0, 0.05) is 5.56 Å². The Morgan fingerprint density at radius 3 is 2.83 bits per heavy atom. The molecule has 0 aliphatic carbocycles. The highest BCUT2D eigenvalue weighted by atomic mass is 79.9. The molecule has 2 aromatic carbocycles. The van der Waals surface area contributed by atoms with Crippen molar-refractivity contribution in [2.24, 2.45) is 0 Å². The number of anilines is 1. The van der Waals surface area contributed by atoms with Crippen molar-refractivity contribution in [2.75, 3.05) is 19.0 Å². The molecule has 1 amide bonds. The second kappa shape index (κ2) is 7.19. The Morgan fingerprint density at radius 2 is 2.12 bits per heavy atom. The number of hydrogen-bond acceptors (Lipinski definition) is 5. The number of ether oxygens (including phenoxy) is 2. The van der Waals surface area contributed by atoms with Crippen LogP contribution in [0.5, 0.6) is 11.5 Å². The van der Waals surface area contributed by atoms with Crippen molar-refractivity contribution in [3.63, 3.8) is 0 Å². The van der Waals surface area contributed by atoms with Gasteiger partial charge in [0.25, 0.3) is 5.91 Å². The van der Waals surface area contributed by atoms with Crippen LogP contribution in [-0.2, 0) is 0 Å². The number of fused-ring (bicyclic) bond motifs is 1. The third-order valence-corrected chi connectivity index (χ3v) is 4.86. The lowest BCUT2D eigenvalue weighted by molar-refractivity contribution is 0.102. The first-order valence-electron chi connectivity index (χ1n) is 7.29. The number of rotatable bonds is 5. The van der Waals surface area contributed by atoms with Gasteiger partial charge in [-0.15, -0.1) is 0 Å². The maximum atomic E-state index is 12.4. The molecule has 0 saturated carbocycles. The monoisotopic (exact) mass is 406 g/mol. The van der Waals surface area contributed by atoms with Crippen molar-refractivity contribution in [2.45, 2.75) is 6.92 Å². The molecule has 0 saturated heterocycles. The van der Waals surface area contributed by atoms with Gasteiger partial charge in [-0.2, -0.15) is 0 Å². The molecule has 3 aromatic rings. The average molecular weight is 407 g/mol. The van der Waals surface area contributed by atoms with Crippen LogP contribution in [0.1, 0.15) is 17.3 Å². The Labute approximate surface area is 151 Å². The van der Waals surface area contributed by atoms with E-state index in [1.165, 1.54) is 11.3 Å². The van der Waals surface area contributed by atoms with E-state index in [2.05, 4.69) is 26.2 Å². The van der Waals surface area contributed by atoms with Crippen LogP contribution in [0.15, 0.2) is 40.9 Å². The smallest absolute Gasteiger partial charge is 0.257 e. The van der Waals surface area contributed by atoms with Gasteiger partial charge in [-0.1, -0.05) is 11.3 Å². The Balaban J connectivity index is 1.80. The zero-order valence-corrected chi connectivity index (χ0v) is 15.5. The van der Waals surface area contributed by atoms with Crippen LogP contribution in [0, 0.1) is 0 Å². The zero-order valence-electron chi connectivity index (χ0n) is 13.1. The number of thiazole rings is 1. The van der Waals surface area contributed by atoms with Crippen molar-refractivity contribution >= 4 is 48.5 Å². The third kappa shape index (κ3) is 3.52. The van der Waals surface area contributed by atoms with Gasteiger partial charge in [-0.25, -0.2) is 4.98 Å². The van der Waals surface area contributed by atoms with E-state index in [9.17, 15) is 4.79 Å². The molecule has 1 N–H and O–H groups in total. The van der Waals surface area contributed by atoms with Crippen LogP contribution in [0.25, 0.3) is 10.2 Å². The number of benzene rings is 2. The van der Waals surface area contributed by atoms with Crippen molar-refractivity contribution in [1.29, 1.82) is 0 Å². The fourth-order valence-electron chi connectivity index (χ4n) is 2.17. The summed E-state index contributed by atoms with van der Waals surface area (Å²) < 4.78 is 12.3. The number of aromatic nitrogens is 1. The summed E-state index contributed by atoms with van der Waals surface area (Å²) in [4.78, 5) is 16.8. The molecule has 124 valence electrons. The predicted octanol–water partition coefficient (Wildman–Crippen LogP) is 4.72. The van der Waals surface area contributed by atoms with E-state index in [4.69, 9.17) is 9.47 Å². The Hall–Kier alpha value is -2.12. The van der Waals surface area contributed by atoms with Crippen molar-refractivity contribution in [3.8, 4) is 11.5 Å².